The third kappa shape index (κ3) is 3.36. The number of nitrogens with one attached hydrogen (secondary N) is 1. The molecule has 0 spiro atoms. The van der Waals surface area contributed by atoms with Crippen molar-refractivity contribution < 1.29 is 0 Å². The van der Waals surface area contributed by atoms with E-state index in [4.69, 9.17) is 5.26 Å². The van der Waals surface area contributed by atoms with E-state index < -0.39 is 0 Å². The van der Waals surface area contributed by atoms with Gasteiger partial charge in [0.1, 0.15) is 0 Å². The van der Waals surface area contributed by atoms with Gasteiger partial charge in [-0.05, 0) is 31.4 Å². The summed E-state index contributed by atoms with van der Waals surface area (Å²) >= 11 is 0. The van der Waals surface area contributed by atoms with Crippen molar-refractivity contribution in [3.63, 3.8) is 0 Å². The van der Waals surface area contributed by atoms with Crippen molar-refractivity contribution in [3.8, 4) is 6.07 Å². The Balaban J connectivity index is 2.68. The molecular weight excluding hydrogens is 196 g/mol. The van der Waals surface area contributed by atoms with Crippen molar-refractivity contribution in [2.24, 2.45) is 0 Å². The van der Waals surface area contributed by atoms with Crippen molar-refractivity contribution >= 4 is 0 Å². The molecule has 16 heavy (non-hydrogen) atoms. The molecule has 1 N–H and O–H groups in total. The highest BCUT2D eigenvalue weighted by Gasteiger charge is 2.12. The molecule has 0 aromatic heterocycles. The number of nitriles is 1. The lowest BCUT2D eigenvalue weighted by Crippen LogP contribution is -2.31. The Morgan fingerprint density at radius 3 is 2.62 bits per heavy atom. The summed E-state index contributed by atoms with van der Waals surface area (Å²) in [6.07, 6.45) is 1.57. The third-order valence-corrected chi connectivity index (χ3v) is 2.97. The standard InChI is InChI=1S/C14H20N2/c1-4-13(9-10-15)16-12(3)14-8-6-5-7-11(14)2/h5-8,12-13,16H,4,9H2,1-3H3/t12-,13?/m0/s1. The van der Waals surface area contributed by atoms with Crippen LogP contribution >= 0.6 is 0 Å². The molecule has 0 saturated heterocycles. The first-order valence-corrected chi connectivity index (χ1v) is 5.87. The van der Waals surface area contributed by atoms with Crippen LogP contribution in [0, 0.1) is 18.3 Å². The molecule has 0 amide bonds. The number of benzene rings is 1. The zero-order valence-corrected chi connectivity index (χ0v) is 10.3. The van der Waals surface area contributed by atoms with Crippen LogP contribution in [0.25, 0.3) is 0 Å². The first kappa shape index (κ1) is 12.7. The predicted octanol–water partition coefficient (Wildman–Crippen LogP) is 3.34. The average molecular weight is 216 g/mol. The highest BCUT2D eigenvalue weighted by Crippen LogP contribution is 2.18. The van der Waals surface area contributed by atoms with Crippen LogP contribution in [-0.4, -0.2) is 6.04 Å². The van der Waals surface area contributed by atoms with Gasteiger partial charge >= 0.3 is 0 Å². The van der Waals surface area contributed by atoms with Gasteiger partial charge in [-0.3, -0.25) is 0 Å². The fraction of sp³-hybridized carbons (Fsp3) is 0.500. The van der Waals surface area contributed by atoms with Gasteiger partial charge in [0.2, 0.25) is 0 Å². The first-order chi connectivity index (χ1) is 7.69. The molecule has 0 radical (unpaired) electrons. The zero-order chi connectivity index (χ0) is 12.0. The van der Waals surface area contributed by atoms with E-state index in [1.807, 2.05) is 0 Å². The van der Waals surface area contributed by atoms with Gasteiger partial charge in [-0.25, -0.2) is 0 Å². The minimum Gasteiger partial charge on any atom is -0.306 e. The molecule has 1 unspecified atom stereocenters. The first-order valence-electron chi connectivity index (χ1n) is 5.87. The largest absolute Gasteiger partial charge is 0.306 e. The van der Waals surface area contributed by atoms with Crippen LogP contribution in [0.1, 0.15) is 43.9 Å². The Morgan fingerprint density at radius 2 is 2.06 bits per heavy atom. The Hall–Kier alpha value is -1.33. The van der Waals surface area contributed by atoms with Gasteiger partial charge in [0.25, 0.3) is 0 Å². The summed E-state index contributed by atoms with van der Waals surface area (Å²) in [5.41, 5.74) is 2.62. The molecule has 0 aliphatic carbocycles. The second-order valence-corrected chi connectivity index (χ2v) is 4.21. The van der Waals surface area contributed by atoms with Crippen molar-refractivity contribution in [3.05, 3.63) is 35.4 Å². The molecule has 1 aromatic carbocycles. The number of aryl methyl sites for hydroxylation is 1. The Bertz CT molecular complexity index is 365. The van der Waals surface area contributed by atoms with Gasteiger partial charge in [-0.1, -0.05) is 31.2 Å². The number of hydrogen-bond donors (Lipinski definition) is 1. The molecule has 2 heteroatoms. The average Bonchev–Trinajstić information content (AvgIpc) is 2.28. The fourth-order valence-corrected chi connectivity index (χ4v) is 1.95. The van der Waals surface area contributed by atoms with Gasteiger partial charge in [0.15, 0.2) is 0 Å². The highest BCUT2D eigenvalue weighted by molar-refractivity contribution is 5.28. The van der Waals surface area contributed by atoms with E-state index in [9.17, 15) is 0 Å². The van der Waals surface area contributed by atoms with Gasteiger partial charge in [0.05, 0.1) is 12.5 Å². The van der Waals surface area contributed by atoms with Crippen LogP contribution < -0.4 is 5.32 Å². The lowest BCUT2D eigenvalue weighted by atomic mass is 10.0. The summed E-state index contributed by atoms with van der Waals surface area (Å²) in [6.45, 7) is 6.39. The summed E-state index contributed by atoms with van der Waals surface area (Å²) in [5.74, 6) is 0. The molecule has 2 nitrogen and oxygen atoms in total. The number of nitrogens with zero attached hydrogens (tertiary/aromatic N) is 1. The fourth-order valence-electron chi connectivity index (χ4n) is 1.95. The van der Waals surface area contributed by atoms with Crippen molar-refractivity contribution in [2.45, 2.75) is 45.7 Å². The van der Waals surface area contributed by atoms with Gasteiger partial charge in [0, 0.05) is 12.1 Å². The van der Waals surface area contributed by atoms with Crippen LogP contribution in [0.15, 0.2) is 24.3 Å². The summed E-state index contributed by atoms with van der Waals surface area (Å²) < 4.78 is 0. The Labute approximate surface area is 98.3 Å². The normalized spacial score (nSPS) is 14.1. The second kappa shape index (κ2) is 6.30. The quantitative estimate of drug-likeness (QED) is 0.819. The maximum atomic E-state index is 8.72. The summed E-state index contributed by atoms with van der Waals surface area (Å²) in [7, 11) is 0. The number of hydrogen-bond acceptors (Lipinski definition) is 2. The molecule has 0 saturated carbocycles. The lowest BCUT2D eigenvalue weighted by Gasteiger charge is -2.21. The molecule has 0 bridgehead atoms. The molecule has 1 aromatic rings. The van der Waals surface area contributed by atoms with Crippen molar-refractivity contribution in [1.82, 2.24) is 5.32 Å². The molecule has 0 aliphatic heterocycles. The molecule has 0 fully saturated rings. The smallest absolute Gasteiger partial charge is 0.0638 e. The van der Waals surface area contributed by atoms with E-state index in [-0.39, 0.29) is 0 Å². The van der Waals surface area contributed by atoms with E-state index in [1.54, 1.807) is 0 Å². The van der Waals surface area contributed by atoms with Gasteiger partial charge in [-0.15, -0.1) is 0 Å². The van der Waals surface area contributed by atoms with E-state index in [1.165, 1.54) is 11.1 Å². The zero-order valence-electron chi connectivity index (χ0n) is 10.3. The highest BCUT2D eigenvalue weighted by atomic mass is 14.9. The van der Waals surface area contributed by atoms with E-state index in [0.717, 1.165) is 6.42 Å². The third-order valence-electron chi connectivity index (χ3n) is 2.97. The second-order valence-electron chi connectivity index (χ2n) is 4.21. The van der Waals surface area contributed by atoms with Crippen LogP contribution in [0.2, 0.25) is 0 Å². The molecule has 0 aliphatic rings. The van der Waals surface area contributed by atoms with E-state index in [0.29, 0.717) is 18.5 Å². The molecule has 1 rings (SSSR count). The van der Waals surface area contributed by atoms with Crippen LogP contribution in [0.3, 0.4) is 0 Å². The number of rotatable bonds is 5. The van der Waals surface area contributed by atoms with Crippen molar-refractivity contribution in [1.29, 1.82) is 5.26 Å². The summed E-state index contributed by atoms with van der Waals surface area (Å²) in [5, 5.41) is 12.2. The van der Waals surface area contributed by atoms with E-state index >= 15 is 0 Å². The molecule has 2 atom stereocenters. The van der Waals surface area contributed by atoms with Crippen molar-refractivity contribution in [2.75, 3.05) is 0 Å². The molecule has 86 valence electrons. The van der Waals surface area contributed by atoms with Gasteiger partial charge in [-0.2, -0.15) is 5.26 Å². The summed E-state index contributed by atoms with van der Waals surface area (Å²) in [4.78, 5) is 0. The van der Waals surface area contributed by atoms with Gasteiger partial charge < -0.3 is 5.32 Å². The monoisotopic (exact) mass is 216 g/mol. The SMILES string of the molecule is CCC(CC#N)N[C@@H](C)c1ccccc1C. The van der Waals surface area contributed by atoms with Crippen LogP contribution in [-0.2, 0) is 0 Å². The lowest BCUT2D eigenvalue weighted by molar-refractivity contribution is 0.447. The molecular formula is C14H20N2. The Kier molecular flexibility index (Phi) is 5.01. The van der Waals surface area contributed by atoms with Crippen LogP contribution in [0.4, 0.5) is 0 Å². The predicted molar refractivity (Wildman–Crippen MR) is 67.0 cm³/mol. The maximum Gasteiger partial charge on any atom is 0.0638 e. The van der Waals surface area contributed by atoms with Crippen LogP contribution in [0.5, 0.6) is 0 Å². The molecule has 0 heterocycles. The minimum atomic E-state index is 0.291. The summed E-state index contributed by atoms with van der Waals surface area (Å²) in [6, 6.07) is 11.2. The van der Waals surface area contributed by atoms with E-state index in [2.05, 4.69) is 56.4 Å². The maximum absolute atomic E-state index is 8.72. The Morgan fingerprint density at radius 1 is 1.38 bits per heavy atom. The minimum absolute atomic E-state index is 0.291. The topological polar surface area (TPSA) is 35.8 Å².